The van der Waals surface area contributed by atoms with E-state index in [1.165, 1.54) is 0 Å². The van der Waals surface area contributed by atoms with Crippen molar-refractivity contribution in [3.05, 3.63) is 28.8 Å². The Labute approximate surface area is 128 Å². The van der Waals surface area contributed by atoms with Crippen LogP contribution in [0.1, 0.15) is 18.4 Å². The van der Waals surface area contributed by atoms with Crippen LogP contribution in [0, 0.1) is 11.3 Å². The molecule has 0 aromatic heterocycles. The molecule has 1 amide bonds. The second-order valence-electron chi connectivity index (χ2n) is 5.31. The number of halogens is 1. The van der Waals surface area contributed by atoms with Crippen LogP contribution in [0.2, 0.25) is 5.02 Å². The number of ether oxygens (including phenoxy) is 1. The fourth-order valence-electron chi connectivity index (χ4n) is 2.50. The zero-order chi connectivity index (χ0) is 14.8. The first kappa shape index (κ1) is 14.2. The van der Waals surface area contributed by atoms with Crippen molar-refractivity contribution in [1.29, 1.82) is 5.26 Å². The number of nitrogens with zero attached hydrogens (tertiary/aromatic N) is 2. The number of carbonyl (C=O) groups is 1. The van der Waals surface area contributed by atoms with E-state index in [2.05, 4.69) is 11.4 Å². The van der Waals surface area contributed by atoms with E-state index in [4.69, 9.17) is 16.3 Å². The summed E-state index contributed by atoms with van der Waals surface area (Å²) in [4.78, 5) is 14.3. The third-order valence-corrected chi connectivity index (χ3v) is 4.08. The fourth-order valence-corrected chi connectivity index (χ4v) is 2.71. The summed E-state index contributed by atoms with van der Waals surface area (Å²) >= 11 is 6.09. The molecule has 1 aliphatic heterocycles. The van der Waals surface area contributed by atoms with Crippen LogP contribution >= 0.6 is 11.6 Å². The fraction of sp³-hybridized carbons (Fsp3) is 0.467. The zero-order valence-corrected chi connectivity index (χ0v) is 12.3. The molecule has 0 radical (unpaired) electrons. The number of amides is 1. The normalized spacial score (nSPS) is 21.7. The van der Waals surface area contributed by atoms with Gasteiger partial charge in [0.05, 0.1) is 29.5 Å². The number of hydrogen-bond donors (Lipinski definition) is 1. The highest BCUT2D eigenvalue weighted by Gasteiger charge is 2.34. The summed E-state index contributed by atoms with van der Waals surface area (Å²) in [7, 11) is 0. The maximum absolute atomic E-state index is 12.4. The lowest BCUT2D eigenvalue weighted by atomic mass is 10.1. The molecule has 0 bridgehead atoms. The number of benzene rings is 1. The lowest BCUT2D eigenvalue weighted by molar-refractivity contribution is -0.124. The standard InChI is InChI=1S/C15H16ClN3O2/c16-12-2-1-3-13(11(12)8-17)19-6-7-21-9-14(19)15(20)18-10-4-5-10/h1-3,10,14H,4-7,9H2,(H,18,20). The highest BCUT2D eigenvalue weighted by atomic mass is 35.5. The van der Waals surface area contributed by atoms with Crippen LogP contribution in [0.4, 0.5) is 5.69 Å². The van der Waals surface area contributed by atoms with E-state index in [9.17, 15) is 10.1 Å². The molecule has 21 heavy (non-hydrogen) atoms. The minimum Gasteiger partial charge on any atom is -0.377 e. The second kappa shape index (κ2) is 5.92. The van der Waals surface area contributed by atoms with Gasteiger partial charge in [-0.05, 0) is 25.0 Å². The van der Waals surface area contributed by atoms with Crippen molar-refractivity contribution in [2.75, 3.05) is 24.7 Å². The summed E-state index contributed by atoms with van der Waals surface area (Å²) in [6.45, 7) is 1.43. The van der Waals surface area contributed by atoms with Crippen molar-refractivity contribution in [1.82, 2.24) is 5.32 Å². The minimum absolute atomic E-state index is 0.0407. The average Bonchev–Trinajstić information content (AvgIpc) is 3.31. The summed E-state index contributed by atoms with van der Waals surface area (Å²) in [5, 5.41) is 12.7. The molecule has 1 saturated carbocycles. The molecular formula is C15H16ClN3O2. The molecule has 3 rings (SSSR count). The summed E-state index contributed by atoms with van der Waals surface area (Å²) in [5.41, 5.74) is 1.11. The molecule has 1 atom stereocenters. The van der Waals surface area contributed by atoms with Crippen LogP contribution < -0.4 is 10.2 Å². The van der Waals surface area contributed by atoms with E-state index in [-0.39, 0.29) is 5.91 Å². The maximum Gasteiger partial charge on any atom is 0.245 e. The summed E-state index contributed by atoms with van der Waals surface area (Å²) in [6.07, 6.45) is 2.08. The van der Waals surface area contributed by atoms with E-state index < -0.39 is 6.04 Å². The quantitative estimate of drug-likeness (QED) is 0.923. The predicted octanol–water partition coefficient (Wildman–Crippen LogP) is 1.70. The van der Waals surface area contributed by atoms with Crippen molar-refractivity contribution in [2.24, 2.45) is 0 Å². The molecule has 110 valence electrons. The highest BCUT2D eigenvalue weighted by molar-refractivity contribution is 6.32. The van der Waals surface area contributed by atoms with E-state index in [1.807, 2.05) is 11.0 Å². The van der Waals surface area contributed by atoms with Gasteiger partial charge in [-0.2, -0.15) is 5.26 Å². The Morgan fingerprint density at radius 3 is 3.00 bits per heavy atom. The summed E-state index contributed by atoms with van der Waals surface area (Å²) < 4.78 is 5.44. The molecule has 0 spiro atoms. The monoisotopic (exact) mass is 305 g/mol. The minimum atomic E-state index is -0.412. The number of morpholine rings is 1. The smallest absolute Gasteiger partial charge is 0.245 e. The van der Waals surface area contributed by atoms with E-state index in [0.717, 1.165) is 12.8 Å². The Morgan fingerprint density at radius 2 is 2.29 bits per heavy atom. The molecule has 1 aromatic rings. The van der Waals surface area contributed by atoms with Crippen molar-refractivity contribution in [3.63, 3.8) is 0 Å². The SMILES string of the molecule is N#Cc1c(Cl)cccc1N1CCOCC1C(=O)NC1CC1. The van der Waals surface area contributed by atoms with Crippen LogP contribution in [-0.2, 0) is 9.53 Å². The number of rotatable bonds is 3. The molecule has 1 N–H and O–H groups in total. The van der Waals surface area contributed by atoms with Gasteiger partial charge in [0.1, 0.15) is 12.1 Å². The zero-order valence-electron chi connectivity index (χ0n) is 11.5. The molecule has 1 heterocycles. The molecule has 1 aliphatic carbocycles. The number of nitrogens with one attached hydrogen (secondary N) is 1. The van der Waals surface area contributed by atoms with E-state index in [0.29, 0.717) is 42.1 Å². The number of hydrogen-bond acceptors (Lipinski definition) is 4. The van der Waals surface area contributed by atoms with Crippen molar-refractivity contribution < 1.29 is 9.53 Å². The number of carbonyl (C=O) groups excluding carboxylic acids is 1. The van der Waals surface area contributed by atoms with E-state index >= 15 is 0 Å². The Bertz CT molecular complexity index is 595. The van der Waals surface area contributed by atoms with Crippen LogP contribution in [0.25, 0.3) is 0 Å². The van der Waals surface area contributed by atoms with Gasteiger partial charge in [0, 0.05) is 12.6 Å². The largest absolute Gasteiger partial charge is 0.377 e. The van der Waals surface area contributed by atoms with Gasteiger partial charge in [0.25, 0.3) is 0 Å². The molecular weight excluding hydrogens is 290 g/mol. The molecule has 1 saturated heterocycles. The average molecular weight is 306 g/mol. The van der Waals surface area contributed by atoms with Gasteiger partial charge < -0.3 is 15.0 Å². The second-order valence-corrected chi connectivity index (χ2v) is 5.72. The van der Waals surface area contributed by atoms with Gasteiger partial charge >= 0.3 is 0 Å². The van der Waals surface area contributed by atoms with Gasteiger partial charge in [-0.15, -0.1) is 0 Å². The molecule has 2 fully saturated rings. The van der Waals surface area contributed by atoms with Crippen molar-refractivity contribution in [2.45, 2.75) is 24.9 Å². The lowest BCUT2D eigenvalue weighted by Crippen LogP contribution is -2.54. The summed E-state index contributed by atoms with van der Waals surface area (Å²) in [6, 6.07) is 7.32. The van der Waals surface area contributed by atoms with Crippen molar-refractivity contribution in [3.8, 4) is 6.07 Å². The van der Waals surface area contributed by atoms with Crippen LogP contribution in [0.3, 0.4) is 0 Å². The Balaban J connectivity index is 1.88. The topological polar surface area (TPSA) is 65.4 Å². The van der Waals surface area contributed by atoms with Crippen LogP contribution in [-0.4, -0.2) is 37.7 Å². The maximum atomic E-state index is 12.4. The molecule has 5 nitrogen and oxygen atoms in total. The third-order valence-electron chi connectivity index (χ3n) is 3.77. The van der Waals surface area contributed by atoms with Gasteiger partial charge in [-0.3, -0.25) is 4.79 Å². The van der Waals surface area contributed by atoms with Gasteiger partial charge in [0.15, 0.2) is 0 Å². The lowest BCUT2D eigenvalue weighted by Gasteiger charge is -2.36. The first-order valence-electron chi connectivity index (χ1n) is 7.04. The van der Waals surface area contributed by atoms with Crippen LogP contribution in [0.15, 0.2) is 18.2 Å². The first-order valence-corrected chi connectivity index (χ1v) is 7.42. The molecule has 1 aromatic carbocycles. The number of nitriles is 1. The Kier molecular flexibility index (Phi) is 4.00. The van der Waals surface area contributed by atoms with Crippen molar-refractivity contribution >= 4 is 23.2 Å². The van der Waals surface area contributed by atoms with Gasteiger partial charge in [-0.25, -0.2) is 0 Å². The first-order chi connectivity index (χ1) is 10.2. The van der Waals surface area contributed by atoms with Gasteiger partial charge in [0.2, 0.25) is 5.91 Å². The molecule has 6 heteroatoms. The van der Waals surface area contributed by atoms with E-state index in [1.54, 1.807) is 12.1 Å². The van der Waals surface area contributed by atoms with Crippen LogP contribution in [0.5, 0.6) is 0 Å². The Hall–Kier alpha value is -1.77. The van der Waals surface area contributed by atoms with Gasteiger partial charge in [-0.1, -0.05) is 17.7 Å². The molecule has 1 unspecified atom stereocenters. The Morgan fingerprint density at radius 1 is 1.48 bits per heavy atom. The molecule has 2 aliphatic rings. The number of anilines is 1. The highest BCUT2D eigenvalue weighted by Crippen LogP contribution is 2.29. The predicted molar refractivity (Wildman–Crippen MR) is 79.3 cm³/mol. The summed E-state index contributed by atoms with van der Waals surface area (Å²) in [5.74, 6) is -0.0407. The third kappa shape index (κ3) is 2.97.